The van der Waals surface area contributed by atoms with E-state index in [1.165, 1.54) is 4.90 Å². The molecule has 92 valence electrons. The highest BCUT2D eigenvalue weighted by Crippen LogP contribution is 2.25. The Labute approximate surface area is 111 Å². The van der Waals surface area contributed by atoms with Gasteiger partial charge in [0.05, 0.1) is 6.07 Å². The van der Waals surface area contributed by atoms with E-state index in [9.17, 15) is 5.26 Å². The van der Waals surface area contributed by atoms with Gasteiger partial charge in [0, 0.05) is 24.3 Å². The third-order valence-corrected chi connectivity index (χ3v) is 3.66. The van der Waals surface area contributed by atoms with Crippen molar-refractivity contribution in [2.75, 3.05) is 5.75 Å². The van der Waals surface area contributed by atoms with Gasteiger partial charge < -0.3 is 4.57 Å². The highest BCUT2D eigenvalue weighted by Gasteiger charge is 2.17. The molecule has 0 saturated heterocycles. The average molecular weight is 257 g/mol. The molecule has 1 aromatic heterocycles. The molecule has 3 nitrogen and oxygen atoms in total. The highest BCUT2D eigenvalue weighted by molar-refractivity contribution is 7.99. The SMILES string of the molecule is CCSc1ccc(C(C#N)c2nccn2C)cc1. The summed E-state index contributed by atoms with van der Waals surface area (Å²) >= 11 is 1.80. The van der Waals surface area contributed by atoms with E-state index in [0.717, 1.165) is 17.1 Å². The maximum atomic E-state index is 9.34. The van der Waals surface area contributed by atoms with Crippen LogP contribution in [0.2, 0.25) is 0 Å². The van der Waals surface area contributed by atoms with Gasteiger partial charge in [-0.2, -0.15) is 5.26 Å². The van der Waals surface area contributed by atoms with Crippen LogP contribution in [0.15, 0.2) is 41.6 Å². The zero-order valence-electron chi connectivity index (χ0n) is 10.5. The third kappa shape index (κ3) is 2.57. The smallest absolute Gasteiger partial charge is 0.130 e. The molecule has 0 aliphatic rings. The third-order valence-electron chi connectivity index (χ3n) is 2.77. The number of hydrogen-bond acceptors (Lipinski definition) is 3. The van der Waals surface area contributed by atoms with E-state index >= 15 is 0 Å². The number of imidazole rings is 1. The van der Waals surface area contributed by atoms with Crippen LogP contribution in [-0.4, -0.2) is 15.3 Å². The summed E-state index contributed by atoms with van der Waals surface area (Å²) in [4.78, 5) is 5.49. The van der Waals surface area contributed by atoms with Crippen LogP contribution in [0, 0.1) is 11.3 Å². The number of aromatic nitrogens is 2. The van der Waals surface area contributed by atoms with Crippen LogP contribution >= 0.6 is 11.8 Å². The summed E-state index contributed by atoms with van der Waals surface area (Å²) in [5, 5.41) is 9.34. The predicted octanol–water partition coefficient (Wildman–Crippen LogP) is 3.19. The number of aryl methyl sites for hydroxylation is 1. The molecule has 0 fully saturated rings. The largest absolute Gasteiger partial charge is 0.337 e. The molecule has 0 N–H and O–H groups in total. The molecule has 4 heteroatoms. The normalized spacial score (nSPS) is 12.1. The van der Waals surface area contributed by atoms with Gasteiger partial charge in [0.2, 0.25) is 0 Å². The first-order valence-electron chi connectivity index (χ1n) is 5.86. The molecular weight excluding hydrogens is 242 g/mol. The summed E-state index contributed by atoms with van der Waals surface area (Å²) < 4.78 is 1.89. The summed E-state index contributed by atoms with van der Waals surface area (Å²) in [7, 11) is 1.91. The second kappa shape index (κ2) is 5.74. The zero-order chi connectivity index (χ0) is 13.0. The number of rotatable bonds is 4. The second-order valence-corrected chi connectivity index (χ2v) is 5.30. The minimum absolute atomic E-state index is 0.300. The van der Waals surface area contributed by atoms with Crippen molar-refractivity contribution in [3.8, 4) is 6.07 Å². The Balaban J connectivity index is 2.29. The Hall–Kier alpha value is -1.73. The van der Waals surface area contributed by atoms with Crippen molar-refractivity contribution in [1.29, 1.82) is 5.26 Å². The summed E-state index contributed by atoms with van der Waals surface area (Å²) in [5.41, 5.74) is 0.993. The average Bonchev–Trinajstić information content (AvgIpc) is 2.79. The Kier molecular flexibility index (Phi) is 4.06. The topological polar surface area (TPSA) is 41.6 Å². The number of hydrogen-bond donors (Lipinski definition) is 0. The Morgan fingerprint density at radius 1 is 1.39 bits per heavy atom. The fraction of sp³-hybridized carbons (Fsp3) is 0.286. The summed E-state index contributed by atoms with van der Waals surface area (Å²) in [6, 6.07) is 10.5. The molecule has 1 atom stereocenters. The van der Waals surface area contributed by atoms with Crippen LogP contribution in [0.5, 0.6) is 0 Å². The number of benzene rings is 1. The van der Waals surface area contributed by atoms with Crippen molar-refractivity contribution in [1.82, 2.24) is 9.55 Å². The first-order chi connectivity index (χ1) is 8.76. The van der Waals surface area contributed by atoms with Gasteiger partial charge in [-0.05, 0) is 23.4 Å². The molecule has 0 radical (unpaired) electrons. The van der Waals surface area contributed by atoms with Gasteiger partial charge in [-0.1, -0.05) is 19.1 Å². The summed E-state index contributed by atoms with van der Waals surface area (Å²) in [6.45, 7) is 2.13. The lowest BCUT2D eigenvalue weighted by atomic mass is 10.00. The molecule has 1 aromatic carbocycles. The molecule has 0 amide bonds. The van der Waals surface area contributed by atoms with Crippen molar-refractivity contribution in [2.45, 2.75) is 17.7 Å². The van der Waals surface area contributed by atoms with Crippen molar-refractivity contribution in [3.63, 3.8) is 0 Å². The number of nitrogens with zero attached hydrogens (tertiary/aromatic N) is 3. The molecule has 2 aromatic rings. The van der Waals surface area contributed by atoms with Crippen molar-refractivity contribution >= 4 is 11.8 Å². The first kappa shape index (κ1) is 12.7. The molecule has 0 spiro atoms. The lowest BCUT2D eigenvalue weighted by molar-refractivity contribution is 0.783. The van der Waals surface area contributed by atoms with Crippen molar-refractivity contribution in [2.24, 2.45) is 7.05 Å². The van der Waals surface area contributed by atoms with E-state index in [-0.39, 0.29) is 5.92 Å². The monoisotopic (exact) mass is 257 g/mol. The summed E-state index contributed by atoms with van der Waals surface area (Å²) in [5.74, 6) is 1.54. The van der Waals surface area contributed by atoms with Crippen LogP contribution < -0.4 is 0 Å². The minimum Gasteiger partial charge on any atom is -0.337 e. The van der Waals surface area contributed by atoms with E-state index in [1.807, 2.05) is 29.9 Å². The van der Waals surface area contributed by atoms with Crippen LogP contribution in [0.4, 0.5) is 0 Å². The number of nitriles is 1. The Morgan fingerprint density at radius 3 is 2.61 bits per heavy atom. The van der Waals surface area contributed by atoms with E-state index < -0.39 is 0 Å². The van der Waals surface area contributed by atoms with Crippen molar-refractivity contribution < 1.29 is 0 Å². The zero-order valence-corrected chi connectivity index (χ0v) is 11.3. The molecule has 1 heterocycles. The maximum Gasteiger partial charge on any atom is 0.130 e. The Bertz CT molecular complexity index is 551. The molecule has 1 unspecified atom stereocenters. The predicted molar refractivity (Wildman–Crippen MR) is 73.5 cm³/mol. The fourth-order valence-corrected chi connectivity index (χ4v) is 2.52. The molecular formula is C14H15N3S. The molecule has 0 aliphatic heterocycles. The second-order valence-electron chi connectivity index (χ2n) is 3.96. The minimum atomic E-state index is -0.300. The van der Waals surface area contributed by atoms with Gasteiger partial charge in [0.1, 0.15) is 11.7 Å². The molecule has 0 saturated carbocycles. The van der Waals surface area contributed by atoms with E-state index in [1.54, 1.807) is 18.0 Å². The van der Waals surface area contributed by atoms with Gasteiger partial charge in [0.25, 0.3) is 0 Å². The van der Waals surface area contributed by atoms with Crippen LogP contribution in [-0.2, 0) is 7.05 Å². The van der Waals surface area contributed by atoms with Gasteiger partial charge >= 0.3 is 0 Å². The van der Waals surface area contributed by atoms with E-state index in [2.05, 4.69) is 30.1 Å². The van der Waals surface area contributed by atoms with Crippen LogP contribution in [0.1, 0.15) is 24.2 Å². The lowest BCUT2D eigenvalue weighted by Crippen LogP contribution is -2.05. The molecule has 0 aliphatic carbocycles. The van der Waals surface area contributed by atoms with Crippen LogP contribution in [0.25, 0.3) is 0 Å². The number of thioether (sulfide) groups is 1. The molecule has 18 heavy (non-hydrogen) atoms. The first-order valence-corrected chi connectivity index (χ1v) is 6.84. The maximum absolute atomic E-state index is 9.34. The van der Waals surface area contributed by atoms with Crippen LogP contribution in [0.3, 0.4) is 0 Å². The van der Waals surface area contributed by atoms with Gasteiger partial charge in [-0.15, -0.1) is 11.8 Å². The standard InChI is InChI=1S/C14H15N3S/c1-3-18-12-6-4-11(5-7-12)13(10-15)14-16-8-9-17(14)2/h4-9,13H,3H2,1-2H3. The molecule has 0 bridgehead atoms. The van der Waals surface area contributed by atoms with Gasteiger partial charge in [-0.3, -0.25) is 0 Å². The van der Waals surface area contributed by atoms with Gasteiger partial charge in [-0.25, -0.2) is 4.98 Å². The van der Waals surface area contributed by atoms with E-state index in [0.29, 0.717) is 0 Å². The molecule has 2 rings (SSSR count). The van der Waals surface area contributed by atoms with E-state index in [4.69, 9.17) is 0 Å². The summed E-state index contributed by atoms with van der Waals surface area (Å²) in [6.07, 6.45) is 3.59. The Morgan fingerprint density at radius 2 is 2.11 bits per heavy atom. The van der Waals surface area contributed by atoms with Gasteiger partial charge in [0.15, 0.2) is 0 Å². The van der Waals surface area contributed by atoms with Crippen molar-refractivity contribution in [3.05, 3.63) is 48.0 Å². The highest BCUT2D eigenvalue weighted by atomic mass is 32.2. The lowest BCUT2D eigenvalue weighted by Gasteiger charge is -2.10. The quantitative estimate of drug-likeness (QED) is 0.790. The fourth-order valence-electron chi connectivity index (χ4n) is 1.86.